The van der Waals surface area contributed by atoms with Crippen LogP contribution in [0.15, 0.2) is 47.9 Å². The van der Waals surface area contributed by atoms with E-state index in [0.717, 1.165) is 0 Å². The van der Waals surface area contributed by atoms with Crippen molar-refractivity contribution in [3.8, 4) is 5.75 Å². The Labute approximate surface area is 152 Å². The summed E-state index contributed by atoms with van der Waals surface area (Å²) in [5.74, 6) is -1.14. The van der Waals surface area contributed by atoms with E-state index in [1.807, 2.05) is 0 Å². The summed E-state index contributed by atoms with van der Waals surface area (Å²) in [6.45, 7) is 1.58. The van der Waals surface area contributed by atoms with Gasteiger partial charge in [0, 0.05) is 5.69 Å². The monoisotopic (exact) mass is 369 g/mol. The topological polar surface area (TPSA) is 138 Å². The highest BCUT2D eigenvalue weighted by atomic mass is 16.5. The molecular formula is C17H15N5O5. The molecule has 0 radical (unpaired) electrons. The van der Waals surface area contributed by atoms with Crippen LogP contribution in [0.4, 0.5) is 5.69 Å². The zero-order chi connectivity index (χ0) is 19.4. The quantitative estimate of drug-likeness (QED) is 0.203. The van der Waals surface area contributed by atoms with Crippen molar-refractivity contribution >= 4 is 29.1 Å². The smallest absolute Gasteiger partial charge is 0.343 e. The van der Waals surface area contributed by atoms with Crippen molar-refractivity contribution in [2.24, 2.45) is 5.16 Å². The second-order valence-corrected chi connectivity index (χ2v) is 5.53. The maximum absolute atomic E-state index is 12.4. The van der Waals surface area contributed by atoms with Gasteiger partial charge in [0.25, 0.3) is 0 Å². The SMILES string of the molecule is C/C(=N\O)Nc1ccc(C(=O)Oc2ccc(CC(=O)O)n3ncnc23)cc1. The number of esters is 1. The van der Waals surface area contributed by atoms with E-state index < -0.39 is 11.9 Å². The van der Waals surface area contributed by atoms with E-state index in [1.165, 1.54) is 23.0 Å². The second kappa shape index (κ2) is 7.52. The Kier molecular flexibility index (Phi) is 4.97. The average Bonchev–Trinajstić information content (AvgIpc) is 3.14. The molecule has 3 aromatic rings. The fourth-order valence-electron chi connectivity index (χ4n) is 2.39. The summed E-state index contributed by atoms with van der Waals surface area (Å²) < 4.78 is 6.70. The van der Waals surface area contributed by atoms with Gasteiger partial charge in [0.1, 0.15) is 12.2 Å². The zero-order valence-corrected chi connectivity index (χ0v) is 14.2. The van der Waals surface area contributed by atoms with Crippen molar-refractivity contribution < 1.29 is 24.6 Å². The summed E-state index contributed by atoms with van der Waals surface area (Å²) in [6, 6.07) is 9.37. The van der Waals surface area contributed by atoms with Crippen LogP contribution >= 0.6 is 0 Å². The fraction of sp³-hybridized carbons (Fsp3) is 0.118. The molecule has 2 aromatic heterocycles. The van der Waals surface area contributed by atoms with Crippen molar-refractivity contribution in [1.29, 1.82) is 0 Å². The van der Waals surface area contributed by atoms with Gasteiger partial charge in [-0.1, -0.05) is 5.16 Å². The Balaban J connectivity index is 1.80. The summed E-state index contributed by atoms with van der Waals surface area (Å²) in [7, 11) is 0. The molecule has 2 heterocycles. The molecule has 0 aliphatic heterocycles. The molecule has 0 saturated carbocycles. The molecule has 0 amide bonds. The molecule has 0 unspecified atom stereocenters. The predicted molar refractivity (Wildman–Crippen MR) is 94.2 cm³/mol. The molecule has 1 aromatic carbocycles. The Hall–Kier alpha value is -3.95. The summed E-state index contributed by atoms with van der Waals surface area (Å²) in [5.41, 5.74) is 1.59. The zero-order valence-electron chi connectivity index (χ0n) is 14.2. The van der Waals surface area contributed by atoms with Gasteiger partial charge in [-0.3, -0.25) is 4.79 Å². The molecule has 0 atom stereocenters. The number of anilines is 1. The van der Waals surface area contributed by atoms with E-state index in [4.69, 9.17) is 15.1 Å². The minimum atomic E-state index is -1.01. The third-order valence-corrected chi connectivity index (χ3v) is 3.60. The van der Waals surface area contributed by atoms with Crippen LogP contribution in [0.1, 0.15) is 23.0 Å². The summed E-state index contributed by atoms with van der Waals surface area (Å²) >= 11 is 0. The predicted octanol–water partition coefficient (Wildman–Crippen LogP) is 1.80. The number of hydrogen-bond acceptors (Lipinski definition) is 7. The summed E-state index contributed by atoms with van der Waals surface area (Å²) in [6.07, 6.45) is 1.02. The van der Waals surface area contributed by atoms with E-state index >= 15 is 0 Å². The molecule has 3 N–H and O–H groups in total. The molecule has 0 aliphatic rings. The van der Waals surface area contributed by atoms with Gasteiger partial charge >= 0.3 is 11.9 Å². The molecule has 10 nitrogen and oxygen atoms in total. The number of hydrogen-bond donors (Lipinski definition) is 3. The van der Waals surface area contributed by atoms with Gasteiger partial charge in [0.05, 0.1) is 17.7 Å². The molecule has 10 heteroatoms. The first-order valence-corrected chi connectivity index (χ1v) is 7.79. The van der Waals surface area contributed by atoms with E-state index in [0.29, 0.717) is 22.8 Å². The molecule has 0 aliphatic carbocycles. The first-order valence-electron chi connectivity index (χ1n) is 7.79. The number of carboxylic acid groups (broad SMARTS) is 1. The molecule has 0 saturated heterocycles. The molecule has 0 spiro atoms. The molecular weight excluding hydrogens is 354 g/mol. The number of pyridine rings is 1. The number of carbonyl (C=O) groups is 2. The van der Waals surface area contributed by atoms with Crippen molar-refractivity contribution in [3.05, 3.63) is 54.0 Å². The van der Waals surface area contributed by atoms with Crippen molar-refractivity contribution in [2.75, 3.05) is 5.32 Å². The van der Waals surface area contributed by atoms with Crippen LogP contribution < -0.4 is 10.1 Å². The van der Waals surface area contributed by atoms with Gasteiger partial charge < -0.3 is 20.4 Å². The van der Waals surface area contributed by atoms with Crippen LogP contribution in [0.2, 0.25) is 0 Å². The van der Waals surface area contributed by atoms with Gasteiger partial charge in [0.15, 0.2) is 11.4 Å². The lowest BCUT2D eigenvalue weighted by Gasteiger charge is -2.08. The first kappa shape index (κ1) is 17.9. The van der Waals surface area contributed by atoms with Gasteiger partial charge in [-0.05, 0) is 43.3 Å². The molecule has 0 fully saturated rings. The number of aliphatic carboxylic acids is 1. The lowest BCUT2D eigenvalue weighted by atomic mass is 10.2. The normalized spacial score (nSPS) is 11.4. The van der Waals surface area contributed by atoms with E-state index in [2.05, 4.69) is 20.6 Å². The summed E-state index contributed by atoms with van der Waals surface area (Å²) in [5, 5.41) is 27.4. The fourth-order valence-corrected chi connectivity index (χ4v) is 2.39. The molecule has 3 rings (SSSR count). The number of benzene rings is 1. The van der Waals surface area contributed by atoms with Crippen LogP contribution in [0.25, 0.3) is 5.65 Å². The third kappa shape index (κ3) is 4.00. The molecule has 138 valence electrons. The third-order valence-electron chi connectivity index (χ3n) is 3.60. The number of ether oxygens (including phenoxy) is 1. The van der Waals surface area contributed by atoms with Crippen molar-refractivity contribution in [1.82, 2.24) is 14.6 Å². The maximum atomic E-state index is 12.4. The van der Waals surface area contributed by atoms with Crippen molar-refractivity contribution in [3.63, 3.8) is 0 Å². The Morgan fingerprint density at radius 2 is 1.96 bits per heavy atom. The number of rotatable bonds is 5. The van der Waals surface area contributed by atoms with Crippen molar-refractivity contribution in [2.45, 2.75) is 13.3 Å². The Morgan fingerprint density at radius 1 is 1.22 bits per heavy atom. The maximum Gasteiger partial charge on any atom is 0.343 e. The number of oxime groups is 1. The number of amidine groups is 1. The Morgan fingerprint density at radius 3 is 2.63 bits per heavy atom. The van der Waals surface area contributed by atoms with Gasteiger partial charge in [-0.2, -0.15) is 5.10 Å². The highest BCUT2D eigenvalue weighted by Gasteiger charge is 2.15. The molecule has 27 heavy (non-hydrogen) atoms. The van der Waals surface area contributed by atoms with Gasteiger partial charge in [-0.15, -0.1) is 0 Å². The standard InChI is InChI=1S/C17H15N5O5/c1-10(21-26)20-12-4-2-11(3-5-12)17(25)27-14-7-6-13(8-15(23)24)22-16(14)18-9-19-22/h2-7,9,26H,8H2,1H3,(H,20,21)(H,23,24). The number of nitrogens with zero attached hydrogens (tertiary/aromatic N) is 4. The van der Waals surface area contributed by atoms with E-state index in [-0.39, 0.29) is 17.8 Å². The van der Waals surface area contributed by atoms with E-state index in [1.54, 1.807) is 31.2 Å². The largest absolute Gasteiger partial charge is 0.481 e. The van der Waals surface area contributed by atoms with Gasteiger partial charge in [0.2, 0.25) is 0 Å². The average molecular weight is 369 g/mol. The van der Waals surface area contributed by atoms with Crippen LogP contribution in [-0.2, 0) is 11.2 Å². The minimum Gasteiger partial charge on any atom is -0.481 e. The van der Waals surface area contributed by atoms with Crippen LogP contribution in [0, 0.1) is 0 Å². The lowest BCUT2D eigenvalue weighted by molar-refractivity contribution is -0.136. The number of aromatic nitrogens is 3. The van der Waals surface area contributed by atoms with Crippen LogP contribution in [-0.4, -0.2) is 42.7 Å². The lowest BCUT2D eigenvalue weighted by Crippen LogP contribution is -2.12. The summed E-state index contributed by atoms with van der Waals surface area (Å²) in [4.78, 5) is 27.3. The number of carbonyl (C=O) groups excluding carboxylic acids is 1. The Bertz CT molecular complexity index is 1030. The second-order valence-electron chi connectivity index (χ2n) is 5.53. The highest BCUT2D eigenvalue weighted by Crippen LogP contribution is 2.21. The minimum absolute atomic E-state index is 0.164. The van der Waals surface area contributed by atoms with Crippen LogP contribution in [0.5, 0.6) is 5.75 Å². The number of fused-ring (bicyclic) bond motifs is 1. The highest BCUT2D eigenvalue weighted by molar-refractivity contribution is 5.95. The first-order chi connectivity index (χ1) is 13.0. The van der Waals surface area contributed by atoms with Gasteiger partial charge in [-0.25, -0.2) is 14.3 Å². The number of carboxylic acids is 1. The number of nitrogens with one attached hydrogen (secondary N) is 1. The van der Waals surface area contributed by atoms with E-state index in [9.17, 15) is 9.59 Å². The molecule has 0 bridgehead atoms. The van der Waals surface area contributed by atoms with Crippen LogP contribution in [0.3, 0.4) is 0 Å².